The van der Waals surface area contributed by atoms with E-state index in [9.17, 15) is 21.6 Å². The van der Waals surface area contributed by atoms with E-state index in [0.29, 0.717) is 34.7 Å². The molecule has 4 nitrogen and oxygen atoms in total. The van der Waals surface area contributed by atoms with Crippen LogP contribution in [0.5, 0.6) is 0 Å². The normalized spacial score (nSPS) is 16.5. The molecule has 194 valence electrons. The molecular weight excluding hydrogens is 541 g/mol. The summed E-state index contributed by atoms with van der Waals surface area (Å²) >= 11 is 7.88. The molecule has 1 N–H and O–H groups in total. The molecule has 4 aromatic rings. The summed E-state index contributed by atoms with van der Waals surface area (Å²) in [6, 6.07) is 16.7. The topological polar surface area (TPSA) is 59.1 Å². The summed E-state index contributed by atoms with van der Waals surface area (Å²) in [7, 11) is -3.59. The minimum absolute atomic E-state index is 0.133. The lowest BCUT2D eigenvalue weighted by molar-refractivity contribution is -0.146. The number of halogens is 4. The first-order chi connectivity index (χ1) is 17.5. The lowest BCUT2D eigenvalue weighted by atomic mass is 9.99. The molecule has 1 saturated carbocycles. The third-order valence-corrected chi connectivity index (χ3v) is 10.4. The second-order valence-corrected chi connectivity index (χ2v) is 12.8. The smallest absolute Gasteiger partial charge is 0.256 e. The average molecular weight is 565 g/mol. The number of hydrogen-bond acceptors (Lipinski definition) is 4. The highest BCUT2D eigenvalue weighted by Gasteiger charge is 2.37. The predicted molar refractivity (Wildman–Crippen MR) is 143 cm³/mol. The van der Waals surface area contributed by atoms with Gasteiger partial charge < -0.3 is 0 Å². The molecule has 1 aliphatic carbocycles. The maximum Gasteiger partial charge on any atom is 0.395 e. The van der Waals surface area contributed by atoms with Crippen LogP contribution in [0.2, 0.25) is 5.02 Å². The number of aromatic nitrogens is 1. The predicted octanol–water partition coefficient (Wildman–Crippen LogP) is 7.84. The lowest BCUT2D eigenvalue weighted by Gasteiger charge is -2.28. The molecule has 1 aliphatic rings. The maximum absolute atomic E-state index is 13.3. The van der Waals surface area contributed by atoms with E-state index in [1.165, 1.54) is 29.7 Å². The first-order valence-corrected chi connectivity index (χ1v) is 14.6. The Morgan fingerprint density at radius 3 is 2.51 bits per heavy atom. The SMILES string of the molecule is CC(c1ccnc(-c2cccc3cc(C(NS(=O)(=O)C4CCC4)c4ccccc4Cl)sc23)c1)C(F)(F)F. The van der Waals surface area contributed by atoms with Crippen LogP contribution in [0.25, 0.3) is 21.3 Å². The van der Waals surface area contributed by atoms with E-state index in [1.54, 1.807) is 18.2 Å². The van der Waals surface area contributed by atoms with E-state index in [4.69, 9.17) is 11.6 Å². The third-order valence-electron chi connectivity index (χ3n) is 6.89. The van der Waals surface area contributed by atoms with E-state index >= 15 is 0 Å². The van der Waals surface area contributed by atoms with Crippen molar-refractivity contribution in [1.82, 2.24) is 9.71 Å². The summed E-state index contributed by atoms with van der Waals surface area (Å²) in [5.41, 5.74) is 1.88. The van der Waals surface area contributed by atoms with Crippen LogP contribution in [0.3, 0.4) is 0 Å². The maximum atomic E-state index is 13.3. The second kappa shape index (κ2) is 10.0. The Bertz CT molecular complexity index is 1550. The zero-order valence-electron chi connectivity index (χ0n) is 19.8. The van der Waals surface area contributed by atoms with Gasteiger partial charge in [-0.2, -0.15) is 13.2 Å². The Balaban J connectivity index is 1.60. The Labute approximate surface area is 222 Å². The molecule has 5 rings (SSSR count). The van der Waals surface area contributed by atoms with Gasteiger partial charge in [0.1, 0.15) is 0 Å². The first-order valence-electron chi connectivity index (χ1n) is 11.9. The minimum atomic E-state index is -4.36. The highest BCUT2D eigenvalue weighted by atomic mass is 35.5. The molecular formula is C27H24ClF3N2O2S2. The fourth-order valence-corrected chi connectivity index (χ4v) is 7.71. The van der Waals surface area contributed by atoms with Crippen molar-refractivity contribution >= 4 is 43.0 Å². The van der Waals surface area contributed by atoms with Crippen LogP contribution in [0, 0.1) is 0 Å². The van der Waals surface area contributed by atoms with E-state index < -0.39 is 33.4 Å². The van der Waals surface area contributed by atoms with Crippen LogP contribution < -0.4 is 4.72 Å². The van der Waals surface area contributed by atoms with Gasteiger partial charge in [0.05, 0.1) is 22.9 Å². The number of alkyl halides is 3. The molecule has 2 unspecified atom stereocenters. The molecule has 2 heterocycles. The van der Waals surface area contributed by atoms with Gasteiger partial charge in [-0.05, 0) is 60.5 Å². The lowest BCUT2D eigenvalue weighted by Crippen LogP contribution is -2.40. The number of pyridine rings is 1. The quantitative estimate of drug-likeness (QED) is 0.249. The first kappa shape index (κ1) is 26.2. The van der Waals surface area contributed by atoms with Crippen LogP contribution in [-0.4, -0.2) is 24.8 Å². The number of benzene rings is 2. The zero-order chi connectivity index (χ0) is 26.4. The van der Waals surface area contributed by atoms with Crippen molar-refractivity contribution in [2.24, 2.45) is 0 Å². The highest BCUT2D eigenvalue weighted by molar-refractivity contribution is 7.90. The van der Waals surface area contributed by atoms with Crippen LogP contribution in [0.15, 0.2) is 66.9 Å². The monoisotopic (exact) mass is 564 g/mol. The van der Waals surface area contributed by atoms with Gasteiger partial charge in [-0.15, -0.1) is 11.3 Å². The summed E-state index contributed by atoms with van der Waals surface area (Å²) in [6.45, 7) is 1.13. The summed E-state index contributed by atoms with van der Waals surface area (Å²) in [6.07, 6.45) is -0.841. The van der Waals surface area contributed by atoms with Gasteiger partial charge in [-0.25, -0.2) is 13.1 Å². The molecule has 0 radical (unpaired) electrons. The molecule has 0 saturated heterocycles. The van der Waals surface area contributed by atoms with Crippen molar-refractivity contribution in [3.05, 3.63) is 87.9 Å². The van der Waals surface area contributed by atoms with Crippen molar-refractivity contribution in [1.29, 1.82) is 0 Å². The number of nitrogens with one attached hydrogen (secondary N) is 1. The number of fused-ring (bicyclic) bond motifs is 1. The Kier molecular flexibility index (Phi) is 7.08. The molecule has 0 bridgehead atoms. The fourth-order valence-electron chi connectivity index (χ4n) is 4.41. The molecule has 2 aromatic carbocycles. The van der Waals surface area contributed by atoms with Gasteiger partial charge >= 0.3 is 6.18 Å². The fraction of sp³-hybridized carbons (Fsp3) is 0.296. The molecule has 37 heavy (non-hydrogen) atoms. The van der Waals surface area contributed by atoms with Crippen molar-refractivity contribution in [3.63, 3.8) is 0 Å². The molecule has 0 amide bonds. The summed E-state index contributed by atoms with van der Waals surface area (Å²) in [4.78, 5) is 5.09. The Hall–Kier alpha value is -2.46. The summed E-state index contributed by atoms with van der Waals surface area (Å²) in [5, 5.41) is 0.857. The number of nitrogens with zero attached hydrogens (tertiary/aromatic N) is 1. The van der Waals surface area contributed by atoms with Crippen LogP contribution in [-0.2, 0) is 10.0 Å². The van der Waals surface area contributed by atoms with Crippen LogP contribution >= 0.6 is 22.9 Å². The molecule has 0 spiro atoms. The standard InChI is InChI=1S/C27H24ClF3N2O2S2/c1-16(27(29,30)31)17-12-13-32-23(14-17)21-10-4-6-18-15-24(36-26(18)21)25(20-9-2-3-11-22(20)28)33-37(34,35)19-7-5-8-19/h2-4,6,9-16,19,25,33H,5,7-8H2,1H3. The van der Waals surface area contributed by atoms with E-state index in [1.807, 2.05) is 30.3 Å². The van der Waals surface area contributed by atoms with Gasteiger partial charge in [-0.3, -0.25) is 4.98 Å². The number of hydrogen-bond donors (Lipinski definition) is 1. The van der Waals surface area contributed by atoms with Crippen molar-refractivity contribution in [2.75, 3.05) is 0 Å². The minimum Gasteiger partial charge on any atom is -0.256 e. The summed E-state index contributed by atoms with van der Waals surface area (Å²) in [5.74, 6) is -1.63. The van der Waals surface area contributed by atoms with Crippen molar-refractivity contribution in [3.8, 4) is 11.3 Å². The highest BCUT2D eigenvalue weighted by Crippen LogP contribution is 2.42. The van der Waals surface area contributed by atoms with E-state index in [-0.39, 0.29) is 5.56 Å². The van der Waals surface area contributed by atoms with E-state index in [0.717, 1.165) is 28.3 Å². The molecule has 10 heteroatoms. The third kappa shape index (κ3) is 5.27. The molecule has 0 aliphatic heterocycles. The number of thiophene rings is 1. The molecule has 2 atom stereocenters. The zero-order valence-corrected chi connectivity index (χ0v) is 22.2. The average Bonchev–Trinajstić information content (AvgIpc) is 3.25. The van der Waals surface area contributed by atoms with Crippen molar-refractivity contribution < 1.29 is 21.6 Å². The van der Waals surface area contributed by atoms with Crippen LogP contribution in [0.4, 0.5) is 13.2 Å². The number of rotatable bonds is 7. The second-order valence-electron chi connectivity index (χ2n) is 9.28. The van der Waals surface area contributed by atoms with Crippen molar-refractivity contribution in [2.45, 2.75) is 49.6 Å². The van der Waals surface area contributed by atoms with Gasteiger partial charge in [0, 0.05) is 26.4 Å². The summed E-state index contributed by atoms with van der Waals surface area (Å²) < 4.78 is 70.0. The van der Waals surface area contributed by atoms with Gasteiger partial charge in [0.2, 0.25) is 10.0 Å². The van der Waals surface area contributed by atoms with Gasteiger partial charge in [0.15, 0.2) is 0 Å². The van der Waals surface area contributed by atoms with Gasteiger partial charge in [-0.1, -0.05) is 54.4 Å². The van der Waals surface area contributed by atoms with Gasteiger partial charge in [0.25, 0.3) is 0 Å². The molecule has 2 aromatic heterocycles. The van der Waals surface area contributed by atoms with Crippen LogP contribution in [0.1, 0.15) is 54.1 Å². The number of sulfonamides is 1. The Morgan fingerprint density at radius 1 is 1.08 bits per heavy atom. The molecule has 1 fully saturated rings. The Morgan fingerprint density at radius 2 is 1.84 bits per heavy atom. The van der Waals surface area contributed by atoms with E-state index in [2.05, 4.69) is 9.71 Å². The largest absolute Gasteiger partial charge is 0.395 e.